The van der Waals surface area contributed by atoms with Gasteiger partial charge in [0, 0.05) is 25.1 Å². The molecular formula is C14H26N2O3. The first-order valence-corrected chi connectivity index (χ1v) is 7.12. The van der Waals surface area contributed by atoms with Crippen LogP contribution in [0.3, 0.4) is 0 Å². The summed E-state index contributed by atoms with van der Waals surface area (Å²) in [5.74, 6) is 0.452. The number of hydrogen-bond acceptors (Lipinski definition) is 4. The van der Waals surface area contributed by atoms with Crippen molar-refractivity contribution in [1.29, 1.82) is 0 Å². The second kappa shape index (κ2) is 5.29. The van der Waals surface area contributed by atoms with E-state index in [0.29, 0.717) is 25.6 Å². The molecule has 110 valence electrons. The van der Waals surface area contributed by atoms with E-state index in [9.17, 15) is 4.79 Å². The third kappa shape index (κ3) is 3.20. The lowest BCUT2D eigenvalue weighted by atomic mass is 9.72. The molecule has 2 saturated heterocycles. The molecule has 0 aromatic rings. The summed E-state index contributed by atoms with van der Waals surface area (Å²) in [7, 11) is 0. The third-order valence-corrected chi connectivity index (χ3v) is 4.19. The molecular weight excluding hydrogens is 244 g/mol. The van der Waals surface area contributed by atoms with Crippen LogP contribution < -0.4 is 5.73 Å². The van der Waals surface area contributed by atoms with Crippen molar-refractivity contribution in [3.05, 3.63) is 0 Å². The Bertz CT molecular complexity index is 340. The van der Waals surface area contributed by atoms with Crippen LogP contribution in [0.1, 0.15) is 33.6 Å². The molecule has 2 atom stereocenters. The van der Waals surface area contributed by atoms with E-state index in [2.05, 4.69) is 0 Å². The highest BCUT2D eigenvalue weighted by Crippen LogP contribution is 2.42. The van der Waals surface area contributed by atoms with Crippen molar-refractivity contribution in [2.24, 2.45) is 17.1 Å². The summed E-state index contributed by atoms with van der Waals surface area (Å²) < 4.78 is 11.1. The van der Waals surface area contributed by atoms with Gasteiger partial charge in [-0.3, -0.25) is 0 Å². The maximum atomic E-state index is 12.1. The van der Waals surface area contributed by atoms with Gasteiger partial charge in [-0.1, -0.05) is 0 Å². The number of hydrogen-bond donors (Lipinski definition) is 1. The molecule has 2 aliphatic heterocycles. The van der Waals surface area contributed by atoms with Crippen LogP contribution in [-0.2, 0) is 9.47 Å². The van der Waals surface area contributed by atoms with Gasteiger partial charge in [-0.25, -0.2) is 4.79 Å². The average molecular weight is 270 g/mol. The molecule has 2 aliphatic rings. The Kier molecular flexibility index (Phi) is 4.06. The summed E-state index contributed by atoms with van der Waals surface area (Å²) in [6, 6.07) is 0. The van der Waals surface area contributed by atoms with E-state index >= 15 is 0 Å². The Labute approximate surface area is 115 Å². The predicted molar refractivity (Wildman–Crippen MR) is 72.8 cm³/mol. The zero-order valence-corrected chi connectivity index (χ0v) is 12.3. The molecule has 0 saturated carbocycles. The first-order valence-electron chi connectivity index (χ1n) is 7.12. The third-order valence-electron chi connectivity index (χ3n) is 4.19. The van der Waals surface area contributed by atoms with Gasteiger partial charge in [-0.15, -0.1) is 0 Å². The van der Waals surface area contributed by atoms with Crippen LogP contribution in [0.2, 0.25) is 0 Å². The lowest BCUT2D eigenvalue weighted by Crippen LogP contribution is -2.46. The maximum Gasteiger partial charge on any atom is 0.410 e. The SMILES string of the molecule is CC(C)(C)OC(=O)N1CCC2(COCCC2CN)C1. The van der Waals surface area contributed by atoms with Crippen molar-refractivity contribution in [3.8, 4) is 0 Å². The van der Waals surface area contributed by atoms with Crippen molar-refractivity contribution >= 4 is 6.09 Å². The Morgan fingerprint density at radius 1 is 1.53 bits per heavy atom. The monoisotopic (exact) mass is 270 g/mol. The van der Waals surface area contributed by atoms with E-state index in [1.165, 1.54) is 0 Å². The van der Waals surface area contributed by atoms with Crippen molar-refractivity contribution in [2.45, 2.75) is 39.2 Å². The van der Waals surface area contributed by atoms with Crippen LogP contribution >= 0.6 is 0 Å². The lowest BCUT2D eigenvalue weighted by Gasteiger charge is -2.40. The zero-order valence-electron chi connectivity index (χ0n) is 12.3. The Morgan fingerprint density at radius 2 is 2.26 bits per heavy atom. The number of nitrogens with two attached hydrogens (primary N) is 1. The summed E-state index contributed by atoms with van der Waals surface area (Å²) in [6.07, 6.45) is 1.75. The van der Waals surface area contributed by atoms with Gasteiger partial charge in [0.25, 0.3) is 0 Å². The fourth-order valence-corrected chi connectivity index (χ4v) is 3.12. The average Bonchev–Trinajstić information content (AvgIpc) is 2.73. The molecule has 0 radical (unpaired) electrons. The quantitative estimate of drug-likeness (QED) is 0.786. The molecule has 2 heterocycles. The topological polar surface area (TPSA) is 64.8 Å². The molecule has 2 rings (SSSR count). The van der Waals surface area contributed by atoms with Crippen LogP contribution in [0.25, 0.3) is 0 Å². The first kappa shape index (κ1) is 14.6. The van der Waals surface area contributed by atoms with Gasteiger partial charge in [-0.05, 0) is 46.1 Å². The number of amides is 1. The molecule has 1 amide bonds. The molecule has 0 bridgehead atoms. The van der Waals surface area contributed by atoms with E-state index < -0.39 is 5.60 Å². The summed E-state index contributed by atoms with van der Waals surface area (Å²) in [5, 5.41) is 0. The molecule has 0 aromatic carbocycles. The molecule has 2 fully saturated rings. The smallest absolute Gasteiger partial charge is 0.410 e. The normalized spacial score (nSPS) is 31.8. The van der Waals surface area contributed by atoms with E-state index in [4.69, 9.17) is 15.2 Å². The largest absolute Gasteiger partial charge is 0.444 e. The number of likely N-dealkylation sites (tertiary alicyclic amines) is 1. The molecule has 0 aliphatic carbocycles. The minimum absolute atomic E-state index is 0.0455. The van der Waals surface area contributed by atoms with Gasteiger partial charge >= 0.3 is 6.09 Å². The van der Waals surface area contributed by atoms with Gasteiger partial charge in [0.2, 0.25) is 0 Å². The fraction of sp³-hybridized carbons (Fsp3) is 0.929. The Morgan fingerprint density at radius 3 is 2.89 bits per heavy atom. The molecule has 2 N–H and O–H groups in total. The molecule has 19 heavy (non-hydrogen) atoms. The van der Waals surface area contributed by atoms with E-state index in [1.54, 1.807) is 0 Å². The van der Waals surface area contributed by atoms with Gasteiger partial charge in [0.15, 0.2) is 0 Å². The molecule has 0 aromatic heterocycles. The molecule has 1 spiro atoms. The van der Waals surface area contributed by atoms with Crippen molar-refractivity contribution < 1.29 is 14.3 Å². The summed E-state index contributed by atoms with van der Waals surface area (Å²) in [6.45, 7) is 9.31. The number of nitrogens with zero attached hydrogens (tertiary/aromatic N) is 1. The van der Waals surface area contributed by atoms with Crippen molar-refractivity contribution in [2.75, 3.05) is 32.8 Å². The minimum Gasteiger partial charge on any atom is -0.444 e. The van der Waals surface area contributed by atoms with Crippen LogP contribution in [-0.4, -0.2) is 49.4 Å². The maximum absolute atomic E-state index is 12.1. The van der Waals surface area contributed by atoms with Crippen LogP contribution in [0.15, 0.2) is 0 Å². The van der Waals surface area contributed by atoms with Gasteiger partial charge < -0.3 is 20.1 Å². The number of carbonyl (C=O) groups excluding carboxylic acids is 1. The van der Waals surface area contributed by atoms with E-state index in [1.807, 2.05) is 25.7 Å². The van der Waals surface area contributed by atoms with Gasteiger partial charge in [0.1, 0.15) is 5.60 Å². The standard InChI is InChI=1S/C14H26N2O3/c1-13(2,3)19-12(17)16-6-5-14(9-16)10-18-7-4-11(14)8-15/h11H,4-10,15H2,1-3H3. The van der Waals surface area contributed by atoms with Crippen LogP contribution in [0, 0.1) is 11.3 Å². The summed E-state index contributed by atoms with van der Waals surface area (Å²) in [5.41, 5.74) is 5.50. The van der Waals surface area contributed by atoms with Crippen LogP contribution in [0.4, 0.5) is 4.79 Å². The van der Waals surface area contributed by atoms with E-state index in [0.717, 1.165) is 26.0 Å². The van der Waals surface area contributed by atoms with Crippen molar-refractivity contribution in [1.82, 2.24) is 4.90 Å². The second-order valence-corrected chi connectivity index (χ2v) is 6.79. The van der Waals surface area contributed by atoms with Gasteiger partial charge in [0.05, 0.1) is 6.61 Å². The van der Waals surface area contributed by atoms with E-state index in [-0.39, 0.29) is 11.5 Å². The number of rotatable bonds is 1. The molecule has 5 nitrogen and oxygen atoms in total. The van der Waals surface area contributed by atoms with Crippen molar-refractivity contribution in [3.63, 3.8) is 0 Å². The van der Waals surface area contributed by atoms with Crippen LogP contribution in [0.5, 0.6) is 0 Å². The zero-order chi connectivity index (χ0) is 14.1. The number of carbonyl (C=O) groups is 1. The minimum atomic E-state index is -0.441. The summed E-state index contributed by atoms with van der Waals surface area (Å²) >= 11 is 0. The summed E-state index contributed by atoms with van der Waals surface area (Å²) in [4.78, 5) is 13.9. The predicted octanol–water partition coefficient (Wildman–Crippen LogP) is 1.61. The van der Waals surface area contributed by atoms with Gasteiger partial charge in [-0.2, -0.15) is 0 Å². The Balaban J connectivity index is 2.00. The molecule has 2 unspecified atom stereocenters. The Hall–Kier alpha value is -0.810. The highest BCUT2D eigenvalue weighted by atomic mass is 16.6. The fourth-order valence-electron chi connectivity index (χ4n) is 3.12. The highest BCUT2D eigenvalue weighted by molar-refractivity contribution is 5.68. The molecule has 5 heteroatoms. The second-order valence-electron chi connectivity index (χ2n) is 6.79. The number of ether oxygens (including phenoxy) is 2. The highest BCUT2D eigenvalue weighted by Gasteiger charge is 2.47. The first-order chi connectivity index (χ1) is 8.86. The lowest BCUT2D eigenvalue weighted by molar-refractivity contribution is -0.0444.